The Morgan fingerprint density at radius 1 is 1.06 bits per heavy atom. The van der Waals surface area contributed by atoms with Gasteiger partial charge in [0, 0.05) is 24.5 Å². The van der Waals surface area contributed by atoms with Crippen molar-refractivity contribution >= 4 is 5.82 Å². The number of anilines is 1. The summed E-state index contributed by atoms with van der Waals surface area (Å²) in [5.41, 5.74) is 1.71. The van der Waals surface area contributed by atoms with Gasteiger partial charge in [-0.2, -0.15) is 0 Å². The number of hydrogen-bond donors (Lipinski definition) is 0. The molecule has 2 aliphatic heterocycles. The highest BCUT2D eigenvalue weighted by atomic mass is 15.3. The number of piperidine rings is 1. The van der Waals surface area contributed by atoms with Crippen LogP contribution < -0.4 is 4.90 Å². The average Bonchev–Trinajstić information content (AvgIpc) is 3.16. The average molecular weight is 241 g/mol. The number of hydrogen-bond acceptors (Lipinski definition) is 3. The van der Waals surface area contributed by atoms with Crippen LogP contribution in [0.5, 0.6) is 0 Å². The maximum absolute atomic E-state index is 4.49. The van der Waals surface area contributed by atoms with Gasteiger partial charge in [-0.25, -0.2) is 4.98 Å². The second-order valence-electron chi connectivity index (χ2n) is 5.93. The fourth-order valence-corrected chi connectivity index (χ4v) is 3.58. The standard InChI is InChI=1S/C15H19N3/c1-2-11(1)7-12-8-13-3-4-14(9-12)18(13)15-10-16-5-6-17-15/h5-7,10-11,13-14H,1-4,8-9H2. The van der Waals surface area contributed by atoms with Gasteiger partial charge < -0.3 is 4.90 Å². The molecule has 3 nitrogen and oxygen atoms in total. The number of aromatic nitrogens is 2. The van der Waals surface area contributed by atoms with E-state index in [1.165, 1.54) is 38.5 Å². The molecule has 94 valence electrons. The highest BCUT2D eigenvalue weighted by molar-refractivity contribution is 5.43. The molecule has 3 aliphatic rings. The van der Waals surface area contributed by atoms with Crippen molar-refractivity contribution in [3.8, 4) is 0 Å². The molecule has 0 aromatic carbocycles. The molecule has 18 heavy (non-hydrogen) atoms. The summed E-state index contributed by atoms with van der Waals surface area (Å²) in [7, 11) is 0. The monoisotopic (exact) mass is 241 g/mol. The zero-order chi connectivity index (χ0) is 11.9. The van der Waals surface area contributed by atoms with Crippen LogP contribution in [0.3, 0.4) is 0 Å². The molecule has 0 radical (unpaired) electrons. The van der Waals surface area contributed by atoms with Gasteiger partial charge in [-0.05, 0) is 44.4 Å². The van der Waals surface area contributed by atoms with Gasteiger partial charge >= 0.3 is 0 Å². The minimum Gasteiger partial charge on any atom is -0.349 e. The lowest BCUT2D eigenvalue weighted by molar-refractivity contribution is 0.541. The van der Waals surface area contributed by atoms with E-state index in [2.05, 4.69) is 20.9 Å². The Morgan fingerprint density at radius 2 is 1.83 bits per heavy atom. The molecule has 0 spiro atoms. The summed E-state index contributed by atoms with van der Waals surface area (Å²) in [5, 5.41) is 0. The minimum atomic E-state index is 0.672. The van der Waals surface area contributed by atoms with Gasteiger partial charge in [-0.1, -0.05) is 11.6 Å². The van der Waals surface area contributed by atoms with Crippen molar-refractivity contribution in [1.82, 2.24) is 9.97 Å². The lowest BCUT2D eigenvalue weighted by Gasteiger charge is -2.37. The van der Waals surface area contributed by atoms with Crippen molar-refractivity contribution in [2.45, 2.75) is 50.6 Å². The van der Waals surface area contributed by atoms with Crippen LogP contribution in [0, 0.1) is 5.92 Å². The largest absolute Gasteiger partial charge is 0.349 e. The second kappa shape index (κ2) is 4.08. The van der Waals surface area contributed by atoms with Crippen LogP contribution >= 0.6 is 0 Å². The molecule has 2 atom stereocenters. The summed E-state index contributed by atoms with van der Waals surface area (Å²) in [4.78, 5) is 11.2. The lowest BCUT2D eigenvalue weighted by Crippen LogP contribution is -2.41. The van der Waals surface area contributed by atoms with Crippen LogP contribution in [0.25, 0.3) is 0 Å². The smallest absolute Gasteiger partial charge is 0.147 e. The maximum Gasteiger partial charge on any atom is 0.147 e. The first kappa shape index (κ1) is 10.5. The Bertz CT molecular complexity index is 448. The van der Waals surface area contributed by atoms with E-state index in [9.17, 15) is 0 Å². The summed E-state index contributed by atoms with van der Waals surface area (Å²) < 4.78 is 0. The van der Waals surface area contributed by atoms with Gasteiger partial charge in [0.05, 0.1) is 6.20 Å². The van der Waals surface area contributed by atoms with Crippen LogP contribution in [0.2, 0.25) is 0 Å². The minimum absolute atomic E-state index is 0.672. The van der Waals surface area contributed by atoms with E-state index in [4.69, 9.17) is 0 Å². The summed E-state index contributed by atoms with van der Waals surface area (Å²) >= 11 is 0. The molecule has 0 amide bonds. The molecule has 1 aromatic rings. The maximum atomic E-state index is 4.49. The summed E-state index contributed by atoms with van der Waals surface area (Å²) in [6, 6.07) is 1.34. The molecule has 2 saturated heterocycles. The third kappa shape index (κ3) is 1.82. The Kier molecular flexibility index (Phi) is 2.39. The van der Waals surface area contributed by atoms with Gasteiger partial charge in [-0.3, -0.25) is 4.98 Å². The third-order valence-electron chi connectivity index (χ3n) is 4.52. The Balaban J connectivity index is 1.58. The molecule has 2 unspecified atom stereocenters. The number of allylic oxidation sites excluding steroid dienone is 1. The third-order valence-corrected chi connectivity index (χ3v) is 4.52. The number of fused-ring (bicyclic) bond motifs is 2. The quantitative estimate of drug-likeness (QED) is 0.745. The van der Waals surface area contributed by atoms with E-state index in [0.717, 1.165) is 11.7 Å². The van der Waals surface area contributed by atoms with E-state index in [-0.39, 0.29) is 0 Å². The molecular formula is C15H19N3. The van der Waals surface area contributed by atoms with Crippen molar-refractivity contribution in [1.29, 1.82) is 0 Å². The van der Waals surface area contributed by atoms with Crippen molar-refractivity contribution < 1.29 is 0 Å². The summed E-state index contributed by atoms with van der Waals surface area (Å²) in [6.45, 7) is 0. The molecule has 1 aromatic heterocycles. The zero-order valence-electron chi connectivity index (χ0n) is 10.6. The van der Waals surface area contributed by atoms with E-state index < -0.39 is 0 Å². The molecule has 1 aliphatic carbocycles. The topological polar surface area (TPSA) is 29.0 Å². The van der Waals surface area contributed by atoms with Crippen molar-refractivity contribution in [3.63, 3.8) is 0 Å². The second-order valence-corrected chi connectivity index (χ2v) is 5.93. The predicted molar refractivity (Wildman–Crippen MR) is 71.4 cm³/mol. The molecule has 4 rings (SSSR count). The molecule has 3 heteroatoms. The van der Waals surface area contributed by atoms with Gasteiger partial charge in [0.1, 0.15) is 5.82 Å². The van der Waals surface area contributed by atoms with E-state index >= 15 is 0 Å². The van der Waals surface area contributed by atoms with Gasteiger partial charge in [0.25, 0.3) is 0 Å². The van der Waals surface area contributed by atoms with Gasteiger partial charge in [0.2, 0.25) is 0 Å². The van der Waals surface area contributed by atoms with Crippen molar-refractivity contribution in [2.24, 2.45) is 5.92 Å². The summed E-state index contributed by atoms with van der Waals surface area (Å²) in [5.74, 6) is 2.00. The fourth-order valence-electron chi connectivity index (χ4n) is 3.58. The Labute approximate surface area is 108 Å². The molecular weight excluding hydrogens is 222 g/mol. The molecule has 3 fully saturated rings. The first-order valence-corrected chi connectivity index (χ1v) is 7.14. The number of rotatable bonds is 2. The van der Waals surface area contributed by atoms with Crippen LogP contribution in [-0.2, 0) is 0 Å². The van der Waals surface area contributed by atoms with Crippen molar-refractivity contribution in [2.75, 3.05) is 4.90 Å². The number of nitrogens with zero attached hydrogens (tertiary/aromatic N) is 3. The van der Waals surface area contributed by atoms with E-state index in [0.29, 0.717) is 12.1 Å². The highest BCUT2D eigenvalue weighted by Gasteiger charge is 2.39. The Hall–Kier alpha value is -1.38. The first-order valence-electron chi connectivity index (χ1n) is 7.14. The molecule has 2 bridgehead atoms. The van der Waals surface area contributed by atoms with Crippen LogP contribution in [-0.4, -0.2) is 22.1 Å². The Morgan fingerprint density at radius 3 is 2.44 bits per heavy atom. The highest BCUT2D eigenvalue weighted by Crippen LogP contribution is 2.42. The van der Waals surface area contributed by atoms with Crippen LogP contribution in [0.1, 0.15) is 38.5 Å². The molecule has 0 N–H and O–H groups in total. The first-order chi connectivity index (χ1) is 8.90. The van der Waals surface area contributed by atoms with E-state index in [1.54, 1.807) is 11.8 Å². The van der Waals surface area contributed by atoms with Gasteiger partial charge in [0.15, 0.2) is 0 Å². The lowest BCUT2D eigenvalue weighted by atomic mass is 9.95. The fraction of sp³-hybridized carbons (Fsp3) is 0.600. The van der Waals surface area contributed by atoms with E-state index in [1.807, 2.05) is 12.4 Å². The summed E-state index contributed by atoms with van der Waals surface area (Å²) in [6.07, 6.45) is 16.1. The predicted octanol–water partition coefficient (Wildman–Crippen LogP) is 2.94. The SMILES string of the molecule is C(=C1CC2CCC(C1)N2c1cnccn1)C1CC1. The van der Waals surface area contributed by atoms with Crippen LogP contribution in [0.4, 0.5) is 5.82 Å². The van der Waals surface area contributed by atoms with Gasteiger partial charge in [-0.15, -0.1) is 0 Å². The zero-order valence-corrected chi connectivity index (χ0v) is 10.6. The molecule has 1 saturated carbocycles. The molecule has 3 heterocycles. The van der Waals surface area contributed by atoms with Crippen LogP contribution in [0.15, 0.2) is 30.2 Å². The van der Waals surface area contributed by atoms with Crippen molar-refractivity contribution in [3.05, 3.63) is 30.2 Å². The normalized spacial score (nSPS) is 30.7.